The standard InChI is InChI=1S/C31H52N2O5Si/c1-22(27(35)37-29(2,3)4)32-26(34)25(21-23-17-13-11-14-18-23)33-28(36)38-39(30(5,6)7,31(8,9)10)24-19-15-12-16-20-24/h11,13-14,17-18,22,24-25H,12,15-16,19-21H2,1-10H3,(H,32,34)(H,33,36)/t22-,25-/m0/s1. The Morgan fingerprint density at radius 1 is 0.872 bits per heavy atom. The van der Waals surface area contributed by atoms with Crippen LogP contribution in [-0.4, -0.2) is 44.0 Å². The van der Waals surface area contributed by atoms with Crippen LogP contribution < -0.4 is 10.6 Å². The van der Waals surface area contributed by atoms with Crippen LogP contribution in [0.3, 0.4) is 0 Å². The fraction of sp³-hybridized carbons (Fsp3) is 0.710. The summed E-state index contributed by atoms with van der Waals surface area (Å²) in [4.78, 5) is 39.7. The summed E-state index contributed by atoms with van der Waals surface area (Å²) in [6, 6.07) is 7.74. The third-order valence-corrected chi connectivity index (χ3v) is 14.4. The highest BCUT2D eigenvalue weighted by molar-refractivity contribution is 6.82. The minimum absolute atomic E-state index is 0.201. The topological polar surface area (TPSA) is 93.7 Å². The van der Waals surface area contributed by atoms with E-state index in [1.807, 2.05) is 30.3 Å². The van der Waals surface area contributed by atoms with Crippen molar-refractivity contribution in [3.8, 4) is 0 Å². The fourth-order valence-corrected chi connectivity index (χ4v) is 13.4. The molecule has 1 aromatic carbocycles. The zero-order valence-electron chi connectivity index (χ0n) is 25.9. The van der Waals surface area contributed by atoms with Gasteiger partial charge in [0, 0.05) is 6.42 Å². The molecule has 0 heterocycles. The van der Waals surface area contributed by atoms with Crippen molar-refractivity contribution in [3.63, 3.8) is 0 Å². The van der Waals surface area contributed by atoms with Crippen LogP contribution in [0.4, 0.5) is 4.79 Å². The molecule has 1 aliphatic rings. The zero-order valence-corrected chi connectivity index (χ0v) is 26.9. The molecule has 220 valence electrons. The van der Waals surface area contributed by atoms with Gasteiger partial charge in [0.15, 0.2) is 0 Å². The Morgan fingerprint density at radius 3 is 1.90 bits per heavy atom. The highest BCUT2D eigenvalue weighted by atomic mass is 28.4. The predicted molar refractivity (Wildman–Crippen MR) is 159 cm³/mol. The first-order valence-electron chi connectivity index (χ1n) is 14.4. The lowest BCUT2D eigenvalue weighted by Gasteiger charge is -2.54. The average Bonchev–Trinajstić information content (AvgIpc) is 2.80. The molecule has 0 unspecified atom stereocenters. The summed E-state index contributed by atoms with van der Waals surface area (Å²) in [5, 5.41) is 5.25. The van der Waals surface area contributed by atoms with Gasteiger partial charge in [-0.1, -0.05) is 91.1 Å². The minimum Gasteiger partial charge on any atom is -0.502 e. The van der Waals surface area contributed by atoms with Crippen LogP contribution in [0.5, 0.6) is 0 Å². The normalized spacial score (nSPS) is 17.1. The highest BCUT2D eigenvalue weighted by Gasteiger charge is 2.62. The Hall–Kier alpha value is -2.35. The van der Waals surface area contributed by atoms with E-state index in [9.17, 15) is 14.4 Å². The lowest BCUT2D eigenvalue weighted by atomic mass is 10.00. The van der Waals surface area contributed by atoms with E-state index in [2.05, 4.69) is 52.2 Å². The fourth-order valence-electron chi connectivity index (χ4n) is 6.39. The molecule has 0 saturated heterocycles. The van der Waals surface area contributed by atoms with E-state index in [1.54, 1.807) is 27.7 Å². The summed E-state index contributed by atoms with van der Waals surface area (Å²) in [7, 11) is -2.75. The second kappa shape index (κ2) is 12.9. The average molecular weight is 561 g/mol. The number of carbonyl (C=O) groups excluding carboxylic acids is 3. The van der Waals surface area contributed by atoms with Gasteiger partial charge in [-0.05, 0) is 61.7 Å². The number of ether oxygens (including phenoxy) is 1. The van der Waals surface area contributed by atoms with Gasteiger partial charge in [0.05, 0.1) is 0 Å². The van der Waals surface area contributed by atoms with Crippen molar-refractivity contribution in [1.82, 2.24) is 10.6 Å². The molecule has 0 spiro atoms. The summed E-state index contributed by atoms with van der Waals surface area (Å²) < 4.78 is 12.1. The van der Waals surface area contributed by atoms with Crippen LogP contribution in [0, 0.1) is 0 Å². The molecular formula is C31H52N2O5Si. The number of nitrogens with one attached hydrogen (secondary N) is 2. The Balaban J connectivity index is 2.33. The first-order valence-corrected chi connectivity index (χ1v) is 16.4. The largest absolute Gasteiger partial charge is 0.502 e. The van der Waals surface area contributed by atoms with Gasteiger partial charge in [0.1, 0.15) is 17.7 Å². The summed E-state index contributed by atoms with van der Waals surface area (Å²) in [5.41, 5.74) is 0.574. The molecule has 0 aromatic heterocycles. The van der Waals surface area contributed by atoms with Crippen LogP contribution in [0.2, 0.25) is 15.6 Å². The van der Waals surface area contributed by atoms with Crippen molar-refractivity contribution < 1.29 is 23.5 Å². The van der Waals surface area contributed by atoms with Gasteiger partial charge in [-0.3, -0.25) is 4.79 Å². The van der Waals surface area contributed by atoms with Gasteiger partial charge in [-0.25, -0.2) is 9.59 Å². The summed E-state index contributed by atoms with van der Waals surface area (Å²) in [6.45, 7) is 20.1. The quantitative estimate of drug-likeness (QED) is 0.262. The molecule has 8 heteroatoms. The molecule has 7 nitrogen and oxygen atoms in total. The SMILES string of the molecule is C[C@H](NC(=O)[C@H](Cc1ccccc1)NC(=O)O[Si](C1CCCCC1)(C(C)(C)C)C(C)(C)C)C(=O)OC(C)(C)C. The van der Waals surface area contributed by atoms with Crippen LogP contribution in [-0.2, 0) is 25.2 Å². The van der Waals surface area contributed by atoms with Crippen molar-refractivity contribution >= 4 is 26.3 Å². The monoisotopic (exact) mass is 560 g/mol. The molecule has 2 amide bonds. The number of amides is 2. The molecule has 39 heavy (non-hydrogen) atoms. The smallest absolute Gasteiger partial charge is 0.394 e. The molecular weight excluding hydrogens is 508 g/mol. The number of carbonyl (C=O) groups is 3. The van der Waals surface area contributed by atoms with Gasteiger partial charge in [0.25, 0.3) is 8.32 Å². The maximum absolute atomic E-state index is 13.7. The number of benzene rings is 1. The maximum atomic E-state index is 13.7. The molecule has 2 rings (SSSR count). The first kappa shape index (κ1) is 32.9. The van der Waals surface area contributed by atoms with Crippen LogP contribution in [0.25, 0.3) is 0 Å². The van der Waals surface area contributed by atoms with Crippen molar-refractivity contribution in [2.75, 3.05) is 0 Å². The Labute approximate surface area is 237 Å². The minimum atomic E-state index is -2.75. The van der Waals surface area contributed by atoms with Gasteiger partial charge < -0.3 is 19.8 Å². The zero-order chi connectivity index (χ0) is 29.6. The molecule has 1 saturated carbocycles. The van der Waals surface area contributed by atoms with Gasteiger partial charge >= 0.3 is 12.1 Å². The first-order chi connectivity index (χ1) is 17.9. The molecule has 2 N–H and O–H groups in total. The lowest BCUT2D eigenvalue weighted by Crippen LogP contribution is -2.62. The van der Waals surface area contributed by atoms with Crippen molar-refractivity contribution in [2.45, 2.75) is 141 Å². The van der Waals surface area contributed by atoms with E-state index in [0.717, 1.165) is 31.2 Å². The Bertz CT molecular complexity index is 955. The third-order valence-electron chi connectivity index (χ3n) is 7.67. The Kier molecular flexibility index (Phi) is 10.8. The van der Waals surface area contributed by atoms with E-state index in [-0.39, 0.29) is 16.5 Å². The van der Waals surface area contributed by atoms with Gasteiger partial charge in [-0.15, -0.1) is 0 Å². The van der Waals surface area contributed by atoms with E-state index >= 15 is 0 Å². The van der Waals surface area contributed by atoms with Crippen LogP contribution in [0.15, 0.2) is 30.3 Å². The van der Waals surface area contributed by atoms with Crippen molar-refractivity contribution in [3.05, 3.63) is 35.9 Å². The van der Waals surface area contributed by atoms with Crippen molar-refractivity contribution in [2.24, 2.45) is 0 Å². The highest BCUT2D eigenvalue weighted by Crippen LogP contribution is 2.60. The predicted octanol–water partition coefficient (Wildman–Crippen LogP) is 7.05. The summed E-state index contributed by atoms with van der Waals surface area (Å²) in [6.07, 6.45) is 5.36. The summed E-state index contributed by atoms with van der Waals surface area (Å²) >= 11 is 0. The Morgan fingerprint density at radius 2 is 1.41 bits per heavy atom. The van der Waals surface area contributed by atoms with Crippen LogP contribution in [0.1, 0.15) is 107 Å². The third kappa shape index (κ3) is 8.82. The molecule has 0 bridgehead atoms. The molecule has 1 fully saturated rings. The number of hydrogen-bond acceptors (Lipinski definition) is 5. The number of hydrogen-bond donors (Lipinski definition) is 2. The van der Waals surface area contributed by atoms with E-state index in [1.165, 1.54) is 6.42 Å². The molecule has 0 radical (unpaired) electrons. The summed E-state index contributed by atoms with van der Waals surface area (Å²) in [5.74, 6) is -0.980. The number of rotatable bonds is 8. The second-order valence-electron chi connectivity index (χ2n) is 14.1. The lowest BCUT2D eigenvalue weighted by molar-refractivity contribution is -0.158. The number of esters is 1. The van der Waals surface area contributed by atoms with E-state index in [0.29, 0.717) is 5.54 Å². The van der Waals surface area contributed by atoms with Gasteiger partial charge in [-0.2, -0.15) is 0 Å². The van der Waals surface area contributed by atoms with Crippen LogP contribution >= 0.6 is 0 Å². The van der Waals surface area contributed by atoms with E-state index in [4.69, 9.17) is 9.16 Å². The van der Waals surface area contributed by atoms with Crippen molar-refractivity contribution in [1.29, 1.82) is 0 Å². The maximum Gasteiger partial charge on any atom is 0.394 e. The molecule has 1 aliphatic carbocycles. The molecule has 0 aliphatic heterocycles. The second-order valence-corrected chi connectivity index (χ2v) is 19.6. The molecule has 2 atom stereocenters. The van der Waals surface area contributed by atoms with E-state index < -0.39 is 44.0 Å². The molecule has 1 aromatic rings. The van der Waals surface area contributed by atoms with Gasteiger partial charge in [0.2, 0.25) is 5.91 Å².